The summed E-state index contributed by atoms with van der Waals surface area (Å²) in [6.45, 7) is 0. The van der Waals surface area contributed by atoms with Crippen molar-refractivity contribution in [3.05, 3.63) is 212 Å². The lowest BCUT2D eigenvalue weighted by molar-refractivity contribution is 0.620. The summed E-state index contributed by atoms with van der Waals surface area (Å²) in [5, 5.41) is 0. The average molecular weight is 682 g/mol. The largest absolute Gasteiger partial charge is 0.436 e. The highest BCUT2D eigenvalue weighted by atomic mass is 16.3. The van der Waals surface area contributed by atoms with E-state index in [4.69, 9.17) is 9.40 Å². The number of hydrogen-bond donors (Lipinski definition) is 0. The molecule has 9 rings (SSSR count). The van der Waals surface area contributed by atoms with Gasteiger partial charge < -0.3 is 14.2 Å². The van der Waals surface area contributed by atoms with Crippen LogP contribution in [0.2, 0.25) is 0 Å². The Kier molecular flexibility index (Phi) is 8.53. The first-order valence-electron chi connectivity index (χ1n) is 17.8. The summed E-state index contributed by atoms with van der Waals surface area (Å²) >= 11 is 0. The molecule has 0 spiro atoms. The maximum absolute atomic E-state index is 6.47. The third-order valence-electron chi connectivity index (χ3n) is 9.43. The van der Waals surface area contributed by atoms with Crippen molar-refractivity contribution in [1.82, 2.24) is 4.98 Å². The minimum Gasteiger partial charge on any atom is -0.436 e. The Morgan fingerprint density at radius 3 is 1.17 bits per heavy atom. The van der Waals surface area contributed by atoms with E-state index in [1.54, 1.807) is 0 Å². The van der Waals surface area contributed by atoms with Gasteiger partial charge in [0.1, 0.15) is 5.52 Å². The molecule has 252 valence electrons. The van der Waals surface area contributed by atoms with Crippen molar-refractivity contribution >= 4 is 45.2 Å². The van der Waals surface area contributed by atoms with E-state index in [-0.39, 0.29) is 0 Å². The highest BCUT2D eigenvalue weighted by Crippen LogP contribution is 2.39. The minimum atomic E-state index is 0.590. The van der Waals surface area contributed by atoms with Gasteiger partial charge in [-0.25, -0.2) is 4.98 Å². The summed E-state index contributed by atoms with van der Waals surface area (Å²) in [7, 11) is 0. The molecular weight excluding hydrogens is 647 g/mol. The first kappa shape index (κ1) is 31.8. The number of benzene rings is 8. The molecular formula is C49H35N3O. The second-order valence-corrected chi connectivity index (χ2v) is 12.9. The van der Waals surface area contributed by atoms with Crippen LogP contribution in [0.5, 0.6) is 0 Å². The van der Waals surface area contributed by atoms with E-state index in [9.17, 15) is 0 Å². The second kappa shape index (κ2) is 14.2. The first-order chi connectivity index (χ1) is 26.3. The monoisotopic (exact) mass is 681 g/mol. The topological polar surface area (TPSA) is 32.5 Å². The number of anilines is 6. The zero-order valence-corrected chi connectivity index (χ0v) is 29.0. The molecule has 0 amide bonds. The van der Waals surface area contributed by atoms with Gasteiger partial charge in [-0.05, 0) is 119 Å². The summed E-state index contributed by atoms with van der Waals surface area (Å²) in [5.74, 6) is 0.590. The predicted molar refractivity (Wildman–Crippen MR) is 220 cm³/mol. The Hall–Kier alpha value is -7.17. The summed E-state index contributed by atoms with van der Waals surface area (Å²) in [4.78, 5) is 9.45. The van der Waals surface area contributed by atoms with Gasteiger partial charge >= 0.3 is 0 Å². The van der Waals surface area contributed by atoms with Gasteiger partial charge in [0, 0.05) is 39.7 Å². The van der Waals surface area contributed by atoms with Crippen molar-refractivity contribution in [2.24, 2.45) is 0 Å². The number of hydrogen-bond acceptors (Lipinski definition) is 4. The van der Waals surface area contributed by atoms with E-state index in [1.807, 2.05) is 18.2 Å². The SMILES string of the molecule is c1ccc(N(c2ccccc2)c2cccc(-c3cccc(-c4ccc5nc(-c6cccc(N(c7ccccc7)c7ccccc7)c6)oc5c4)c3)c2)cc1. The van der Waals surface area contributed by atoms with Gasteiger partial charge in [-0.1, -0.05) is 115 Å². The molecule has 0 aliphatic rings. The Morgan fingerprint density at radius 2 is 0.679 bits per heavy atom. The summed E-state index contributed by atoms with van der Waals surface area (Å²) in [5.41, 5.74) is 13.5. The molecule has 4 heteroatoms. The Labute approximate surface area is 309 Å². The lowest BCUT2D eigenvalue weighted by atomic mass is 9.98. The Balaban J connectivity index is 1.03. The molecule has 0 N–H and O–H groups in total. The van der Waals surface area contributed by atoms with Gasteiger partial charge in [0.2, 0.25) is 5.89 Å². The fourth-order valence-electron chi connectivity index (χ4n) is 6.91. The quantitative estimate of drug-likeness (QED) is 0.152. The number of oxazole rings is 1. The van der Waals surface area contributed by atoms with Crippen molar-refractivity contribution in [3.8, 4) is 33.7 Å². The van der Waals surface area contributed by atoms with Crippen molar-refractivity contribution in [2.45, 2.75) is 0 Å². The van der Waals surface area contributed by atoms with Crippen molar-refractivity contribution in [2.75, 3.05) is 9.80 Å². The number of aromatic nitrogens is 1. The molecule has 0 atom stereocenters. The molecule has 8 aromatic carbocycles. The van der Waals surface area contributed by atoms with Crippen LogP contribution in [0.15, 0.2) is 217 Å². The normalized spacial score (nSPS) is 11.0. The molecule has 0 bridgehead atoms. The van der Waals surface area contributed by atoms with Crippen LogP contribution >= 0.6 is 0 Å². The standard InChI is InChI=1S/C49H35N3O/c1-5-20-41(21-6-1)51(42-22-7-2-8-23-42)45-28-14-18-38(33-45)36-16-13-17-37(32-36)39-30-31-47-48(35-39)53-49(50-47)40-19-15-29-46(34-40)52(43-24-9-3-10-25-43)44-26-11-4-12-27-44/h1-35H. The van der Waals surface area contributed by atoms with Crippen LogP contribution in [0.4, 0.5) is 34.1 Å². The fraction of sp³-hybridized carbons (Fsp3) is 0. The zero-order valence-electron chi connectivity index (χ0n) is 29.0. The third-order valence-corrected chi connectivity index (χ3v) is 9.43. The first-order valence-corrected chi connectivity index (χ1v) is 17.8. The molecule has 53 heavy (non-hydrogen) atoms. The van der Waals surface area contributed by atoms with Crippen LogP contribution in [0, 0.1) is 0 Å². The number of rotatable bonds is 9. The summed E-state index contributed by atoms with van der Waals surface area (Å²) < 4.78 is 6.47. The highest BCUT2D eigenvalue weighted by molar-refractivity contribution is 5.86. The van der Waals surface area contributed by atoms with Crippen molar-refractivity contribution in [3.63, 3.8) is 0 Å². The molecule has 4 nitrogen and oxygen atoms in total. The molecule has 9 aromatic rings. The molecule has 1 aromatic heterocycles. The predicted octanol–water partition coefficient (Wildman–Crippen LogP) is 13.8. The maximum atomic E-state index is 6.47. The summed E-state index contributed by atoms with van der Waals surface area (Å²) in [6, 6.07) is 73.9. The summed E-state index contributed by atoms with van der Waals surface area (Å²) in [6.07, 6.45) is 0. The van der Waals surface area contributed by atoms with Gasteiger partial charge in [-0.3, -0.25) is 0 Å². The minimum absolute atomic E-state index is 0.590. The molecule has 0 fully saturated rings. The van der Waals surface area contributed by atoms with Crippen LogP contribution in [0.3, 0.4) is 0 Å². The van der Waals surface area contributed by atoms with Gasteiger partial charge in [0.05, 0.1) is 0 Å². The molecule has 0 unspecified atom stereocenters. The van der Waals surface area contributed by atoms with Crippen LogP contribution in [0.1, 0.15) is 0 Å². The molecule has 0 radical (unpaired) electrons. The Morgan fingerprint density at radius 1 is 0.302 bits per heavy atom. The van der Waals surface area contributed by atoms with E-state index in [0.717, 1.165) is 73.0 Å². The zero-order chi connectivity index (χ0) is 35.4. The van der Waals surface area contributed by atoms with Gasteiger partial charge in [-0.15, -0.1) is 0 Å². The van der Waals surface area contributed by atoms with E-state index < -0.39 is 0 Å². The van der Waals surface area contributed by atoms with E-state index in [1.165, 1.54) is 0 Å². The number of para-hydroxylation sites is 4. The number of nitrogens with zero attached hydrogens (tertiary/aromatic N) is 3. The van der Waals surface area contributed by atoms with E-state index in [0.29, 0.717) is 5.89 Å². The van der Waals surface area contributed by atoms with Crippen LogP contribution in [-0.4, -0.2) is 4.98 Å². The smallest absolute Gasteiger partial charge is 0.227 e. The van der Waals surface area contributed by atoms with Crippen molar-refractivity contribution < 1.29 is 4.42 Å². The number of fused-ring (bicyclic) bond motifs is 1. The lowest BCUT2D eigenvalue weighted by Crippen LogP contribution is -2.09. The maximum Gasteiger partial charge on any atom is 0.227 e. The van der Waals surface area contributed by atoms with Crippen molar-refractivity contribution in [1.29, 1.82) is 0 Å². The third kappa shape index (κ3) is 6.58. The molecule has 0 saturated heterocycles. The lowest BCUT2D eigenvalue weighted by Gasteiger charge is -2.26. The van der Waals surface area contributed by atoms with E-state index in [2.05, 4.69) is 204 Å². The Bertz CT molecular complexity index is 2540. The fourth-order valence-corrected chi connectivity index (χ4v) is 6.91. The van der Waals surface area contributed by atoms with Crippen LogP contribution in [-0.2, 0) is 0 Å². The van der Waals surface area contributed by atoms with Gasteiger partial charge in [0.25, 0.3) is 0 Å². The average Bonchev–Trinajstić information content (AvgIpc) is 3.67. The van der Waals surface area contributed by atoms with Gasteiger partial charge in [-0.2, -0.15) is 0 Å². The van der Waals surface area contributed by atoms with Gasteiger partial charge in [0.15, 0.2) is 5.58 Å². The highest BCUT2D eigenvalue weighted by Gasteiger charge is 2.16. The molecule has 0 aliphatic heterocycles. The van der Waals surface area contributed by atoms with E-state index >= 15 is 0 Å². The molecule has 0 aliphatic carbocycles. The molecule has 1 heterocycles. The molecule has 0 saturated carbocycles. The van der Waals surface area contributed by atoms with Crippen LogP contribution in [0.25, 0.3) is 44.8 Å². The van der Waals surface area contributed by atoms with Crippen LogP contribution < -0.4 is 9.80 Å². The second-order valence-electron chi connectivity index (χ2n) is 12.9.